The monoisotopic (exact) mass is 367 g/mol. The van der Waals surface area contributed by atoms with Crippen molar-refractivity contribution in [3.63, 3.8) is 0 Å². The number of hydrogen-bond donors (Lipinski definition) is 2. The third kappa shape index (κ3) is 3.38. The van der Waals surface area contributed by atoms with Crippen LogP contribution in [0, 0.1) is 19.3 Å². The Labute approximate surface area is 160 Å². The van der Waals surface area contributed by atoms with E-state index in [4.69, 9.17) is 16.6 Å². The van der Waals surface area contributed by atoms with Gasteiger partial charge in [0, 0.05) is 16.1 Å². The van der Waals surface area contributed by atoms with Gasteiger partial charge in [0.25, 0.3) is 0 Å². The van der Waals surface area contributed by atoms with Crippen LogP contribution < -0.4 is 10.6 Å². The number of rotatable bonds is 2. The van der Waals surface area contributed by atoms with Crippen LogP contribution >= 0.6 is 11.6 Å². The zero-order chi connectivity index (χ0) is 18.1. The lowest BCUT2D eigenvalue weighted by atomic mass is 9.70. The number of amidine groups is 1. The van der Waals surface area contributed by atoms with Crippen LogP contribution in [0.15, 0.2) is 41.4 Å². The molecule has 1 spiro atoms. The zero-order valence-corrected chi connectivity index (χ0v) is 16.3. The molecule has 1 saturated heterocycles. The minimum absolute atomic E-state index is 0.131. The Morgan fingerprint density at radius 1 is 1.04 bits per heavy atom. The van der Waals surface area contributed by atoms with Gasteiger partial charge in [-0.05, 0) is 86.7 Å². The third-order valence-corrected chi connectivity index (χ3v) is 6.15. The van der Waals surface area contributed by atoms with E-state index >= 15 is 0 Å². The summed E-state index contributed by atoms with van der Waals surface area (Å²) in [4.78, 5) is 5.05. The Kier molecular flexibility index (Phi) is 4.76. The summed E-state index contributed by atoms with van der Waals surface area (Å²) in [5.74, 6) is 1.16. The molecule has 136 valence electrons. The third-order valence-electron chi connectivity index (χ3n) is 5.90. The Morgan fingerprint density at radius 3 is 2.46 bits per heavy atom. The summed E-state index contributed by atoms with van der Waals surface area (Å²) in [6.07, 6.45) is 3.34. The highest BCUT2D eigenvalue weighted by atomic mass is 35.5. The first-order chi connectivity index (χ1) is 12.6. The molecule has 2 aliphatic rings. The quantitative estimate of drug-likeness (QED) is 0.792. The Bertz CT molecular complexity index is 833. The molecule has 0 atom stereocenters. The van der Waals surface area contributed by atoms with Crippen molar-refractivity contribution in [2.45, 2.75) is 39.7 Å². The first kappa shape index (κ1) is 17.6. The Hall–Kier alpha value is -1.84. The number of aliphatic imine (C=N–C) groups is 1. The van der Waals surface area contributed by atoms with Gasteiger partial charge in [0.05, 0.1) is 6.54 Å². The summed E-state index contributed by atoms with van der Waals surface area (Å²) in [5.41, 5.74) is 6.68. The topological polar surface area (TPSA) is 36.4 Å². The first-order valence-corrected chi connectivity index (χ1v) is 9.81. The van der Waals surface area contributed by atoms with E-state index in [1.807, 2.05) is 12.1 Å². The van der Waals surface area contributed by atoms with Gasteiger partial charge in [0.2, 0.25) is 0 Å². The lowest BCUT2D eigenvalue weighted by Crippen LogP contribution is -2.48. The Morgan fingerprint density at radius 2 is 1.73 bits per heavy atom. The summed E-state index contributed by atoms with van der Waals surface area (Å²) < 4.78 is 0. The van der Waals surface area contributed by atoms with E-state index in [9.17, 15) is 0 Å². The fourth-order valence-electron chi connectivity index (χ4n) is 4.13. The van der Waals surface area contributed by atoms with Crippen LogP contribution in [-0.2, 0) is 13.0 Å². The van der Waals surface area contributed by atoms with Crippen LogP contribution in [0.25, 0.3) is 0 Å². The number of benzene rings is 2. The molecule has 0 bridgehead atoms. The highest BCUT2D eigenvalue weighted by Crippen LogP contribution is 2.41. The van der Waals surface area contributed by atoms with E-state index in [2.05, 4.69) is 48.7 Å². The molecule has 0 aliphatic carbocycles. The summed E-state index contributed by atoms with van der Waals surface area (Å²) in [5, 5.41) is 7.98. The smallest absolute Gasteiger partial charge is 0.108 e. The minimum atomic E-state index is 0.131. The zero-order valence-electron chi connectivity index (χ0n) is 15.5. The number of fused-ring (bicyclic) bond motifs is 1. The second-order valence-corrected chi connectivity index (χ2v) is 8.15. The largest absolute Gasteiger partial charge is 0.343 e. The Balaban J connectivity index is 1.68. The van der Waals surface area contributed by atoms with Gasteiger partial charge in [0.15, 0.2) is 0 Å². The molecule has 26 heavy (non-hydrogen) atoms. The van der Waals surface area contributed by atoms with E-state index in [1.54, 1.807) is 0 Å². The molecule has 3 nitrogen and oxygen atoms in total. The fraction of sp³-hybridized carbons (Fsp3) is 0.409. The highest BCUT2D eigenvalue weighted by Gasteiger charge is 2.41. The van der Waals surface area contributed by atoms with Crippen molar-refractivity contribution in [3.8, 4) is 0 Å². The van der Waals surface area contributed by atoms with Gasteiger partial charge in [-0.25, -0.2) is 0 Å². The van der Waals surface area contributed by atoms with Crippen molar-refractivity contribution < 1.29 is 0 Å². The summed E-state index contributed by atoms with van der Waals surface area (Å²) in [7, 11) is 0. The number of anilines is 1. The van der Waals surface area contributed by atoms with Crippen LogP contribution in [0.5, 0.6) is 0 Å². The summed E-state index contributed by atoms with van der Waals surface area (Å²) in [6.45, 7) is 7.18. The first-order valence-electron chi connectivity index (χ1n) is 9.43. The number of aryl methyl sites for hydroxylation is 2. The molecule has 0 aromatic heterocycles. The molecule has 0 unspecified atom stereocenters. The van der Waals surface area contributed by atoms with Crippen molar-refractivity contribution in [3.05, 3.63) is 63.7 Å². The lowest BCUT2D eigenvalue weighted by Gasteiger charge is -2.43. The maximum atomic E-state index is 6.01. The number of nitrogens with zero attached hydrogens (tertiary/aromatic N) is 1. The van der Waals surface area contributed by atoms with Crippen LogP contribution in [0.1, 0.15) is 35.1 Å². The maximum absolute atomic E-state index is 6.01. The van der Waals surface area contributed by atoms with Gasteiger partial charge in [-0.1, -0.05) is 29.8 Å². The van der Waals surface area contributed by atoms with Gasteiger partial charge in [-0.2, -0.15) is 0 Å². The van der Waals surface area contributed by atoms with Gasteiger partial charge in [-0.3, -0.25) is 4.99 Å². The van der Waals surface area contributed by atoms with Gasteiger partial charge in [0.1, 0.15) is 5.84 Å². The minimum Gasteiger partial charge on any atom is -0.343 e. The van der Waals surface area contributed by atoms with Crippen LogP contribution in [0.3, 0.4) is 0 Å². The van der Waals surface area contributed by atoms with Crippen molar-refractivity contribution in [1.82, 2.24) is 5.32 Å². The molecular weight excluding hydrogens is 342 g/mol. The normalized spacial score (nSPS) is 20.0. The average molecular weight is 368 g/mol. The molecule has 2 N–H and O–H groups in total. The van der Waals surface area contributed by atoms with E-state index < -0.39 is 0 Å². The number of halogens is 1. The standard InChI is InChI=1S/C22H26ClN3/c1-15-11-18-13-22(7-9-24-10-8-22)21(26-20(18)12-16(15)2)25-14-17-3-5-19(23)6-4-17/h3-6,11-12,24H,7-10,13-14H2,1-2H3,(H,25,26). The highest BCUT2D eigenvalue weighted by molar-refractivity contribution is 6.30. The van der Waals surface area contributed by atoms with Crippen molar-refractivity contribution in [2.24, 2.45) is 10.4 Å². The molecular formula is C22H26ClN3. The molecule has 2 heterocycles. The molecule has 0 radical (unpaired) electrons. The SMILES string of the molecule is Cc1cc2c(cc1C)NC(=NCc1ccc(Cl)cc1)C1(CCNCC1)C2. The fourth-order valence-corrected chi connectivity index (χ4v) is 4.26. The lowest BCUT2D eigenvalue weighted by molar-refractivity contribution is 0.293. The van der Waals surface area contributed by atoms with E-state index in [1.165, 1.54) is 27.9 Å². The van der Waals surface area contributed by atoms with Gasteiger partial charge < -0.3 is 10.6 Å². The molecule has 0 saturated carbocycles. The van der Waals surface area contributed by atoms with E-state index in [0.717, 1.165) is 43.2 Å². The van der Waals surface area contributed by atoms with E-state index in [0.29, 0.717) is 6.54 Å². The molecule has 2 aromatic rings. The second kappa shape index (κ2) is 7.05. The van der Waals surface area contributed by atoms with Gasteiger partial charge >= 0.3 is 0 Å². The number of nitrogens with one attached hydrogen (secondary N) is 2. The molecule has 2 aromatic carbocycles. The predicted octanol–water partition coefficient (Wildman–Crippen LogP) is 4.89. The second-order valence-electron chi connectivity index (χ2n) is 7.72. The molecule has 1 fully saturated rings. The molecule has 2 aliphatic heterocycles. The van der Waals surface area contributed by atoms with Crippen molar-refractivity contribution in [2.75, 3.05) is 18.4 Å². The van der Waals surface area contributed by atoms with Crippen LogP contribution in [0.2, 0.25) is 5.02 Å². The average Bonchev–Trinajstić information content (AvgIpc) is 2.64. The summed E-state index contributed by atoms with van der Waals surface area (Å²) >= 11 is 6.01. The van der Waals surface area contributed by atoms with Crippen molar-refractivity contribution >= 4 is 23.1 Å². The van der Waals surface area contributed by atoms with Crippen LogP contribution in [0.4, 0.5) is 5.69 Å². The van der Waals surface area contributed by atoms with Crippen LogP contribution in [-0.4, -0.2) is 18.9 Å². The van der Waals surface area contributed by atoms with E-state index in [-0.39, 0.29) is 5.41 Å². The molecule has 0 amide bonds. The number of hydrogen-bond acceptors (Lipinski definition) is 2. The van der Waals surface area contributed by atoms with Gasteiger partial charge in [-0.15, -0.1) is 0 Å². The molecule has 4 heteroatoms. The van der Waals surface area contributed by atoms with Crippen molar-refractivity contribution in [1.29, 1.82) is 0 Å². The molecule has 4 rings (SSSR count). The number of piperidine rings is 1. The maximum Gasteiger partial charge on any atom is 0.108 e. The predicted molar refractivity (Wildman–Crippen MR) is 110 cm³/mol. The summed E-state index contributed by atoms with van der Waals surface area (Å²) in [6, 6.07) is 12.6.